The van der Waals surface area contributed by atoms with Crippen LogP contribution in [0.25, 0.3) is 0 Å². The van der Waals surface area contributed by atoms with Gasteiger partial charge in [0.25, 0.3) is 5.91 Å². The third-order valence-corrected chi connectivity index (χ3v) is 5.39. The minimum Gasteiger partial charge on any atom is -0.350 e. The second-order valence-corrected chi connectivity index (χ2v) is 7.57. The van der Waals surface area contributed by atoms with Crippen LogP contribution in [0.4, 0.5) is 5.69 Å². The molecule has 3 fully saturated rings. The number of para-hydroxylation sites is 1. The van der Waals surface area contributed by atoms with Crippen molar-refractivity contribution in [3.8, 4) is 0 Å². The molecule has 0 aromatic heterocycles. The largest absolute Gasteiger partial charge is 0.350 e. The molecule has 2 aliphatic heterocycles. The van der Waals surface area contributed by atoms with E-state index < -0.39 is 0 Å². The van der Waals surface area contributed by atoms with Crippen molar-refractivity contribution >= 4 is 17.5 Å². The molecule has 1 aromatic rings. The second kappa shape index (κ2) is 8.37. The predicted molar refractivity (Wildman–Crippen MR) is 100 cm³/mol. The monoisotopic (exact) mass is 373 g/mol. The molecule has 2 N–H and O–H groups in total. The van der Waals surface area contributed by atoms with E-state index in [2.05, 4.69) is 15.5 Å². The first-order chi connectivity index (χ1) is 13.2. The molecule has 0 unspecified atom stereocenters. The summed E-state index contributed by atoms with van der Waals surface area (Å²) in [7, 11) is 0. The number of likely N-dealkylation sites (tertiary alicyclic amines) is 1. The normalized spacial score (nSPS) is 21.9. The Bertz CT molecular complexity index is 678. The number of piperidine rings is 1. The lowest BCUT2D eigenvalue weighted by molar-refractivity contribution is -0.119. The van der Waals surface area contributed by atoms with Gasteiger partial charge in [0.15, 0.2) is 6.29 Å². The van der Waals surface area contributed by atoms with Crippen LogP contribution in [-0.4, -0.2) is 61.9 Å². The molecule has 0 spiro atoms. The fourth-order valence-electron chi connectivity index (χ4n) is 3.71. The van der Waals surface area contributed by atoms with Gasteiger partial charge in [0, 0.05) is 12.0 Å². The molecule has 0 bridgehead atoms. The molecule has 146 valence electrons. The number of rotatable bonds is 6. The van der Waals surface area contributed by atoms with Crippen molar-refractivity contribution in [1.82, 2.24) is 10.2 Å². The summed E-state index contributed by atoms with van der Waals surface area (Å²) in [5.74, 6) is 0.206. The van der Waals surface area contributed by atoms with E-state index in [0.29, 0.717) is 36.9 Å². The van der Waals surface area contributed by atoms with E-state index >= 15 is 0 Å². The van der Waals surface area contributed by atoms with Crippen LogP contribution in [-0.2, 0) is 14.3 Å². The van der Waals surface area contributed by atoms with E-state index in [-0.39, 0.29) is 24.1 Å². The molecular weight excluding hydrogens is 346 g/mol. The van der Waals surface area contributed by atoms with Gasteiger partial charge in [-0.15, -0.1) is 0 Å². The molecular formula is C20H27N3O4. The van der Waals surface area contributed by atoms with Crippen molar-refractivity contribution in [1.29, 1.82) is 0 Å². The number of nitrogens with zero attached hydrogens (tertiary/aromatic N) is 1. The summed E-state index contributed by atoms with van der Waals surface area (Å²) in [5, 5.41) is 5.88. The van der Waals surface area contributed by atoms with Gasteiger partial charge in [0.2, 0.25) is 5.91 Å². The van der Waals surface area contributed by atoms with Crippen LogP contribution in [0, 0.1) is 5.92 Å². The lowest BCUT2D eigenvalue weighted by Crippen LogP contribution is -2.42. The Labute approximate surface area is 159 Å². The van der Waals surface area contributed by atoms with Crippen LogP contribution in [0.5, 0.6) is 0 Å². The van der Waals surface area contributed by atoms with Crippen molar-refractivity contribution in [2.45, 2.75) is 38.0 Å². The maximum absolute atomic E-state index is 12.5. The molecule has 1 aromatic carbocycles. The van der Waals surface area contributed by atoms with Gasteiger partial charge in [-0.25, -0.2) is 0 Å². The molecule has 2 heterocycles. The van der Waals surface area contributed by atoms with E-state index in [0.717, 1.165) is 38.8 Å². The molecule has 4 rings (SSSR count). The lowest BCUT2D eigenvalue weighted by Gasteiger charge is -2.33. The molecule has 0 radical (unpaired) electrons. The first kappa shape index (κ1) is 18.4. The Kier molecular flexibility index (Phi) is 5.71. The zero-order valence-electron chi connectivity index (χ0n) is 15.5. The third-order valence-electron chi connectivity index (χ3n) is 5.39. The number of ether oxygens (including phenoxy) is 2. The third kappa shape index (κ3) is 4.86. The summed E-state index contributed by atoms with van der Waals surface area (Å²) in [6, 6.07) is 7.46. The molecule has 1 saturated carbocycles. The highest BCUT2D eigenvalue weighted by atomic mass is 16.7. The van der Waals surface area contributed by atoms with E-state index in [1.165, 1.54) is 0 Å². The van der Waals surface area contributed by atoms with Gasteiger partial charge < -0.3 is 20.1 Å². The Hall–Kier alpha value is -1.96. The van der Waals surface area contributed by atoms with Crippen LogP contribution in [0.2, 0.25) is 0 Å². The molecule has 2 saturated heterocycles. The predicted octanol–water partition coefficient (Wildman–Crippen LogP) is 1.60. The fraction of sp³-hybridized carbons (Fsp3) is 0.600. The number of nitrogens with one attached hydrogen (secondary N) is 2. The van der Waals surface area contributed by atoms with E-state index in [9.17, 15) is 9.59 Å². The van der Waals surface area contributed by atoms with E-state index in [4.69, 9.17) is 9.47 Å². The number of benzene rings is 1. The Balaban J connectivity index is 1.28. The second-order valence-electron chi connectivity index (χ2n) is 7.57. The number of anilines is 1. The average Bonchev–Trinajstić information content (AvgIpc) is 3.31. The summed E-state index contributed by atoms with van der Waals surface area (Å²) in [4.78, 5) is 27.0. The van der Waals surface area contributed by atoms with E-state index in [1.807, 2.05) is 12.1 Å². The molecule has 7 heteroatoms. The lowest BCUT2D eigenvalue weighted by atomic mass is 9.96. The summed E-state index contributed by atoms with van der Waals surface area (Å²) in [6.07, 6.45) is 3.94. The highest BCUT2D eigenvalue weighted by Crippen LogP contribution is 2.26. The van der Waals surface area contributed by atoms with Gasteiger partial charge in [-0.3, -0.25) is 14.5 Å². The maximum Gasteiger partial charge on any atom is 0.253 e. The fourth-order valence-corrected chi connectivity index (χ4v) is 3.71. The molecule has 7 nitrogen and oxygen atoms in total. The molecule has 1 aliphatic carbocycles. The van der Waals surface area contributed by atoms with E-state index in [1.54, 1.807) is 12.1 Å². The van der Waals surface area contributed by atoms with Crippen LogP contribution >= 0.6 is 0 Å². The van der Waals surface area contributed by atoms with Gasteiger partial charge in [-0.05, 0) is 50.9 Å². The van der Waals surface area contributed by atoms with Crippen molar-refractivity contribution < 1.29 is 19.1 Å². The standard InChI is InChI=1S/C20H27N3O4/c24-18(13-23-9-7-14(8-10-23)20-26-11-12-27-20)22-17-4-2-1-3-16(17)19(25)21-15-5-6-15/h1-4,14-15,20H,5-13H2,(H,21,25)(H,22,24). The summed E-state index contributed by atoms with van der Waals surface area (Å²) >= 11 is 0. The zero-order chi connectivity index (χ0) is 18.6. The van der Waals surface area contributed by atoms with Gasteiger partial charge in [0.1, 0.15) is 0 Å². The highest BCUT2D eigenvalue weighted by Gasteiger charge is 2.31. The smallest absolute Gasteiger partial charge is 0.253 e. The van der Waals surface area contributed by atoms with Crippen LogP contribution in [0.3, 0.4) is 0 Å². The van der Waals surface area contributed by atoms with Crippen molar-refractivity contribution in [3.63, 3.8) is 0 Å². The summed E-state index contributed by atoms with van der Waals surface area (Å²) in [5.41, 5.74) is 1.09. The van der Waals surface area contributed by atoms with Crippen LogP contribution in [0.15, 0.2) is 24.3 Å². The Morgan fingerprint density at radius 3 is 2.44 bits per heavy atom. The molecule has 2 amide bonds. The first-order valence-electron chi connectivity index (χ1n) is 9.84. The Morgan fingerprint density at radius 2 is 1.74 bits per heavy atom. The number of hydrogen-bond acceptors (Lipinski definition) is 5. The van der Waals surface area contributed by atoms with Gasteiger partial charge in [0.05, 0.1) is 31.0 Å². The average molecular weight is 373 g/mol. The minimum absolute atomic E-state index is 0.0715. The first-order valence-corrected chi connectivity index (χ1v) is 9.84. The summed E-state index contributed by atoms with van der Waals surface area (Å²) in [6.45, 7) is 3.40. The minimum atomic E-state index is -0.120. The van der Waals surface area contributed by atoms with Crippen LogP contribution in [0.1, 0.15) is 36.0 Å². The molecule has 3 aliphatic rings. The molecule has 0 atom stereocenters. The SMILES string of the molecule is O=C(CN1CCC(C2OCCO2)CC1)Nc1ccccc1C(=O)NC1CC1. The van der Waals surface area contributed by atoms with Crippen molar-refractivity contribution in [2.24, 2.45) is 5.92 Å². The number of amides is 2. The van der Waals surface area contributed by atoms with Gasteiger partial charge in [-0.2, -0.15) is 0 Å². The van der Waals surface area contributed by atoms with Crippen LogP contribution < -0.4 is 10.6 Å². The number of carbonyl (C=O) groups excluding carboxylic acids is 2. The van der Waals surface area contributed by atoms with Crippen molar-refractivity contribution in [2.75, 3.05) is 38.2 Å². The zero-order valence-corrected chi connectivity index (χ0v) is 15.5. The number of hydrogen-bond donors (Lipinski definition) is 2. The van der Waals surface area contributed by atoms with Gasteiger partial charge >= 0.3 is 0 Å². The number of carbonyl (C=O) groups is 2. The quantitative estimate of drug-likeness (QED) is 0.792. The van der Waals surface area contributed by atoms with Crippen molar-refractivity contribution in [3.05, 3.63) is 29.8 Å². The molecule has 27 heavy (non-hydrogen) atoms. The summed E-state index contributed by atoms with van der Waals surface area (Å²) < 4.78 is 11.2. The van der Waals surface area contributed by atoms with Gasteiger partial charge in [-0.1, -0.05) is 12.1 Å². The maximum atomic E-state index is 12.5. The topological polar surface area (TPSA) is 79.9 Å². The highest BCUT2D eigenvalue weighted by molar-refractivity contribution is 6.04. The Morgan fingerprint density at radius 1 is 1.04 bits per heavy atom.